The molecule has 0 saturated carbocycles. The number of benzene rings is 1. The van der Waals surface area contributed by atoms with Crippen molar-refractivity contribution < 1.29 is 9.72 Å². The number of nitro groups is 1. The minimum absolute atomic E-state index is 0.0171. The van der Waals surface area contributed by atoms with Crippen molar-refractivity contribution in [3.8, 4) is 0 Å². The van der Waals surface area contributed by atoms with Crippen molar-refractivity contribution in [3.63, 3.8) is 0 Å². The molecule has 6 nitrogen and oxygen atoms in total. The van der Waals surface area contributed by atoms with Crippen LogP contribution in [-0.2, 0) is 11.3 Å². The summed E-state index contributed by atoms with van der Waals surface area (Å²) in [5.74, 6) is -0.107. The topological polar surface area (TPSA) is 84.3 Å². The van der Waals surface area contributed by atoms with Gasteiger partial charge in [-0.15, -0.1) is 0 Å². The second-order valence-electron chi connectivity index (χ2n) is 5.44. The molecule has 110 valence electrons. The van der Waals surface area contributed by atoms with Crippen molar-refractivity contribution >= 4 is 27.5 Å². The molecule has 0 spiro atoms. The monoisotopic (exact) mass is 343 g/mol. The van der Waals surface area contributed by atoms with Crippen LogP contribution in [0.2, 0.25) is 0 Å². The Hall–Kier alpha value is -1.47. The van der Waals surface area contributed by atoms with Gasteiger partial charge < -0.3 is 10.6 Å². The van der Waals surface area contributed by atoms with E-state index in [9.17, 15) is 14.9 Å². The van der Waals surface area contributed by atoms with E-state index in [1.807, 2.05) is 20.8 Å². The Kier molecular flexibility index (Phi) is 5.64. The summed E-state index contributed by atoms with van der Waals surface area (Å²) in [4.78, 5) is 21.9. The summed E-state index contributed by atoms with van der Waals surface area (Å²) in [5.41, 5.74) is 0.502. The lowest BCUT2D eigenvalue weighted by Gasteiger charge is -2.20. The van der Waals surface area contributed by atoms with Crippen LogP contribution in [0.3, 0.4) is 0 Å². The van der Waals surface area contributed by atoms with Crippen LogP contribution in [0.25, 0.3) is 0 Å². The van der Waals surface area contributed by atoms with E-state index >= 15 is 0 Å². The Bertz CT molecular complexity index is 512. The summed E-state index contributed by atoms with van der Waals surface area (Å²) in [6, 6.07) is 4.88. The molecular weight excluding hydrogens is 326 g/mol. The lowest BCUT2D eigenvalue weighted by Crippen LogP contribution is -2.44. The normalized spacial score (nSPS) is 11.2. The zero-order valence-electron chi connectivity index (χ0n) is 11.7. The summed E-state index contributed by atoms with van der Waals surface area (Å²) >= 11 is 3.13. The fourth-order valence-corrected chi connectivity index (χ4v) is 1.98. The van der Waals surface area contributed by atoms with Gasteiger partial charge in [0.25, 0.3) is 5.69 Å². The number of nitrogens with zero attached hydrogens (tertiary/aromatic N) is 1. The predicted molar refractivity (Wildman–Crippen MR) is 80.4 cm³/mol. The molecule has 0 aliphatic rings. The second kappa shape index (κ2) is 6.81. The van der Waals surface area contributed by atoms with Crippen molar-refractivity contribution in [3.05, 3.63) is 38.3 Å². The number of carbonyl (C=O) groups excluding carboxylic acids is 1. The molecule has 1 amide bonds. The van der Waals surface area contributed by atoms with Gasteiger partial charge in [0, 0.05) is 18.2 Å². The minimum Gasteiger partial charge on any atom is -0.350 e. The molecular formula is C13H18BrN3O3. The maximum absolute atomic E-state index is 11.6. The van der Waals surface area contributed by atoms with Crippen LogP contribution in [0.15, 0.2) is 22.7 Å². The predicted octanol–water partition coefficient (Wildman–Crippen LogP) is 2.36. The van der Waals surface area contributed by atoms with Gasteiger partial charge in [-0.1, -0.05) is 6.07 Å². The molecule has 0 aromatic heterocycles. The molecule has 1 aromatic carbocycles. The van der Waals surface area contributed by atoms with Gasteiger partial charge in [-0.2, -0.15) is 0 Å². The van der Waals surface area contributed by atoms with Crippen molar-refractivity contribution in [2.45, 2.75) is 32.9 Å². The number of carbonyl (C=O) groups is 1. The third kappa shape index (κ3) is 5.66. The second-order valence-corrected chi connectivity index (χ2v) is 6.30. The standard InChI is InChI=1S/C13H18BrN3O3/c1-13(2,3)16-12(18)8-15-7-9-4-5-10(14)11(6-9)17(19)20/h4-6,15H,7-8H2,1-3H3,(H,16,18). The smallest absolute Gasteiger partial charge is 0.283 e. The summed E-state index contributed by atoms with van der Waals surface area (Å²) < 4.78 is 0.441. The number of nitro benzene ring substituents is 1. The quantitative estimate of drug-likeness (QED) is 0.634. The molecule has 0 fully saturated rings. The number of amides is 1. The molecule has 0 unspecified atom stereocenters. The van der Waals surface area contributed by atoms with Crippen LogP contribution in [0.4, 0.5) is 5.69 Å². The van der Waals surface area contributed by atoms with Crippen LogP contribution < -0.4 is 10.6 Å². The molecule has 0 heterocycles. The number of hydrogen-bond acceptors (Lipinski definition) is 4. The summed E-state index contributed by atoms with van der Waals surface area (Å²) in [7, 11) is 0. The first-order valence-electron chi connectivity index (χ1n) is 6.13. The molecule has 0 aliphatic heterocycles. The van der Waals surface area contributed by atoms with Crippen LogP contribution in [0, 0.1) is 10.1 Å². The highest BCUT2D eigenvalue weighted by atomic mass is 79.9. The fraction of sp³-hybridized carbons (Fsp3) is 0.462. The highest BCUT2D eigenvalue weighted by Gasteiger charge is 2.14. The van der Waals surface area contributed by atoms with Crippen molar-refractivity contribution in [2.24, 2.45) is 0 Å². The van der Waals surface area contributed by atoms with E-state index in [1.54, 1.807) is 12.1 Å². The Balaban J connectivity index is 2.53. The van der Waals surface area contributed by atoms with Crippen LogP contribution >= 0.6 is 15.9 Å². The maximum Gasteiger partial charge on any atom is 0.283 e. The van der Waals surface area contributed by atoms with Crippen molar-refractivity contribution in [1.29, 1.82) is 0 Å². The lowest BCUT2D eigenvalue weighted by molar-refractivity contribution is -0.385. The number of hydrogen-bond donors (Lipinski definition) is 2. The zero-order chi connectivity index (χ0) is 15.3. The van der Waals surface area contributed by atoms with E-state index in [0.717, 1.165) is 5.56 Å². The van der Waals surface area contributed by atoms with Crippen LogP contribution in [0.5, 0.6) is 0 Å². The molecule has 20 heavy (non-hydrogen) atoms. The fourth-order valence-electron chi connectivity index (χ4n) is 1.59. The van der Waals surface area contributed by atoms with E-state index in [0.29, 0.717) is 11.0 Å². The third-order valence-electron chi connectivity index (χ3n) is 2.34. The van der Waals surface area contributed by atoms with E-state index in [-0.39, 0.29) is 23.7 Å². The maximum atomic E-state index is 11.6. The zero-order valence-corrected chi connectivity index (χ0v) is 13.3. The molecule has 0 atom stereocenters. The lowest BCUT2D eigenvalue weighted by atomic mass is 10.1. The van der Waals surface area contributed by atoms with E-state index in [2.05, 4.69) is 26.6 Å². The molecule has 2 N–H and O–H groups in total. The largest absolute Gasteiger partial charge is 0.350 e. The van der Waals surface area contributed by atoms with Gasteiger partial charge in [0.05, 0.1) is 15.9 Å². The van der Waals surface area contributed by atoms with Crippen LogP contribution in [0.1, 0.15) is 26.3 Å². The Morgan fingerprint density at radius 1 is 1.40 bits per heavy atom. The first-order valence-corrected chi connectivity index (χ1v) is 6.93. The van der Waals surface area contributed by atoms with Gasteiger partial charge in [-0.3, -0.25) is 14.9 Å². The number of halogens is 1. The van der Waals surface area contributed by atoms with Crippen molar-refractivity contribution in [1.82, 2.24) is 10.6 Å². The molecule has 0 saturated heterocycles. The molecule has 1 rings (SSSR count). The van der Waals surface area contributed by atoms with Gasteiger partial charge >= 0.3 is 0 Å². The molecule has 1 aromatic rings. The molecule has 7 heteroatoms. The van der Waals surface area contributed by atoms with E-state index in [1.165, 1.54) is 6.07 Å². The highest BCUT2D eigenvalue weighted by molar-refractivity contribution is 9.10. The Morgan fingerprint density at radius 3 is 2.60 bits per heavy atom. The Morgan fingerprint density at radius 2 is 2.05 bits per heavy atom. The Labute approximate surface area is 126 Å². The SMILES string of the molecule is CC(C)(C)NC(=O)CNCc1ccc(Br)c([N+](=O)[O-])c1. The molecule has 0 aliphatic carbocycles. The number of nitrogens with one attached hydrogen (secondary N) is 2. The third-order valence-corrected chi connectivity index (χ3v) is 3.01. The highest BCUT2D eigenvalue weighted by Crippen LogP contribution is 2.25. The first-order chi connectivity index (χ1) is 9.19. The first kappa shape index (κ1) is 16.6. The van der Waals surface area contributed by atoms with Gasteiger partial charge in [-0.05, 0) is 48.3 Å². The van der Waals surface area contributed by atoms with E-state index in [4.69, 9.17) is 0 Å². The van der Waals surface area contributed by atoms with Gasteiger partial charge in [0.15, 0.2) is 0 Å². The summed E-state index contributed by atoms with van der Waals surface area (Å²) in [5, 5.41) is 16.6. The summed E-state index contributed by atoms with van der Waals surface area (Å²) in [6.45, 7) is 6.28. The number of rotatable bonds is 5. The van der Waals surface area contributed by atoms with Crippen molar-refractivity contribution in [2.75, 3.05) is 6.54 Å². The average Bonchev–Trinajstić information content (AvgIpc) is 2.28. The van der Waals surface area contributed by atoms with E-state index < -0.39 is 4.92 Å². The minimum atomic E-state index is -0.445. The molecule has 0 radical (unpaired) electrons. The van der Waals surface area contributed by atoms with Crippen LogP contribution in [-0.4, -0.2) is 22.9 Å². The van der Waals surface area contributed by atoms with Gasteiger partial charge in [-0.25, -0.2) is 0 Å². The summed E-state index contributed by atoms with van der Waals surface area (Å²) in [6.07, 6.45) is 0. The molecule has 0 bridgehead atoms. The average molecular weight is 344 g/mol. The van der Waals surface area contributed by atoms with Gasteiger partial charge in [0.1, 0.15) is 0 Å². The van der Waals surface area contributed by atoms with Gasteiger partial charge in [0.2, 0.25) is 5.91 Å².